The van der Waals surface area contributed by atoms with Gasteiger partial charge in [-0.1, -0.05) is 90.9 Å². The van der Waals surface area contributed by atoms with Gasteiger partial charge in [0.2, 0.25) is 0 Å². The van der Waals surface area contributed by atoms with E-state index in [0.717, 1.165) is 38.8 Å². The van der Waals surface area contributed by atoms with Gasteiger partial charge in [-0.15, -0.1) is 12.4 Å². The average Bonchev–Trinajstić information content (AvgIpc) is 2.74. The van der Waals surface area contributed by atoms with Crippen molar-refractivity contribution >= 4 is 12.4 Å². The molecule has 6 nitrogen and oxygen atoms in total. The summed E-state index contributed by atoms with van der Waals surface area (Å²) in [6, 6.07) is -0.751. The average molecular weight is 468 g/mol. The highest BCUT2D eigenvalue weighted by Crippen LogP contribution is 2.26. The van der Waals surface area contributed by atoms with E-state index in [-0.39, 0.29) is 12.4 Å². The molecule has 188 valence electrons. The lowest BCUT2D eigenvalue weighted by molar-refractivity contribution is -0.209. The third-order valence-electron chi connectivity index (χ3n) is 6.62. The first kappa shape index (κ1) is 31.0. The molecule has 6 atom stereocenters. The second-order valence-electron chi connectivity index (χ2n) is 9.22. The van der Waals surface area contributed by atoms with Gasteiger partial charge in [-0.05, 0) is 25.9 Å². The molecule has 7 heteroatoms. The molecule has 5 N–H and O–H groups in total. The SMILES string of the molecule is CCCCCCCCCN(CCCCCCCCC)C1[C@H](O)[C@H](O)C(O)[C@H](O)[C@H]1O.Cl. The van der Waals surface area contributed by atoms with Gasteiger partial charge in [0.15, 0.2) is 0 Å². The van der Waals surface area contributed by atoms with Crippen molar-refractivity contribution < 1.29 is 25.5 Å². The molecule has 2 unspecified atom stereocenters. The van der Waals surface area contributed by atoms with Crippen LogP contribution in [0.15, 0.2) is 0 Å². The van der Waals surface area contributed by atoms with E-state index in [1.165, 1.54) is 64.2 Å². The summed E-state index contributed by atoms with van der Waals surface area (Å²) in [5, 5.41) is 51.2. The summed E-state index contributed by atoms with van der Waals surface area (Å²) in [4.78, 5) is 2.03. The maximum absolute atomic E-state index is 10.5. The van der Waals surface area contributed by atoms with Crippen LogP contribution in [0.2, 0.25) is 0 Å². The van der Waals surface area contributed by atoms with E-state index in [4.69, 9.17) is 0 Å². The van der Waals surface area contributed by atoms with Gasteiger partial charge in [0.1, 0.15) is 30.5 Å². The summed E-state index contributed by atoms with van der Waals surface area (Å²) in [7, 11) is 0. The van der Waals surface area contributed by atoms with Crippen molar-refractivity contribution in [1.29, 1.82) is 0 Å². The predicted molar refractivity (Wildman–Crippen MR) is 129 cm³/mol. The Balaban J connectivity index is 0.00000900. The van der Waals surface area contributed by atoms with E-state index in [1.807, 2.05) is 4.90 Å². The van der Waals surface area contributed by atoms with Crippen LogP contribution in [0.1, 0.15) is 104 Å². The second-order valence-corrected chi connectivity index (χ2v) is 9.22. The number of rotatable bonds is 17. The van der Waals surface area contributed by atoms with E-state index in [1.54, 1.807) is 0 Å². The van der Waals surface area contributed by atoms with Crippen LogP contribution in [0.3, 0.4) is 0 Å². The number of halogens is 1. The fourth-order valence-corrected chi connectivity index (χ4v) is 4.60. The smallest absolute Gasteiger partial charge is 0.111 e. The number of unbranched alkanes of at least 4 members (excludes halogenated alkanes) is 12. The molecule has 0 bridgehead atoms. The molecule has 1 fully saturated rings. The molecule has 0 spiro atoms. The van der Waals surface area contributed by atoms with Crippen molar-refractivity contribution in [3.8, 4) is 0 Å². The summed E-state index contributed by atoms with van der Waals surface area (Å²) in [5.41, 5.74) is 0. The lowest BCUT2D eigenvalue weighted by Crippen LogP contribution is -2.68. The first-order valence-corrected chi connectivity index (χ1v) is 12.6. The molecule has 31 heavy (non-hydrogen) atoms. The van der Waals surface area contributed by atoms with Crippen LogP contribution in [-0.4, -0.2) is 80.1 Å². The number of aliphatic hydroxyl groups is 5. The molecule has 0 heterocycles. The fraction of sp³-hybridized carbons (Fsp3) is 1.00. The van der Waals surface area contributed by atoms with Crippen LogP contribution < -0.4 is 0 Å². The first-order valence-electron chi connectivity index (χ1n) is 12.6. The largest absolute Gasteiger partial charge is 0.389 e. The van der Waals surface area contributed by atoms with E-state index in [0.29, 0.717) is 0 Å². The summed E-state index contributed by atoms with van der Waals surface area (Å²) in [6.45, 7) is 5.86. The first-order chi connectivity index (χ1) is 14.5. The lowest BCUT2D eigenvalue weighted by atomic mass is 9.82. The molecule has 1 aliphatic rings. The molecule has 0 amide bonds. The van der Waals surface area contributed by atoms with Crippen molar-refractivity contribution in [2.24, 2.45) is 0 Å². The molecule has 0 aromatic carbocycles. The minimum Gasteiger partial charge on any atom is -0.389 e. The highest BCUT2D eigenvalue weighted by molar-refractivity contribution is 5.85. The summed E-state index contributed by atoms with van der Waals surface area (Å²) >= 11 is 0. The molecule has 0 aliphatic heterocycles. The van der Waals surface area contributed by atoms with Crippen LogP contribution in [0.5, 0.6) is 0 Å². The molecule has 0 radical (unpaired) electrons. The van der Waals surface area contributed by atoms with Crippen molar-refractivity contribution in [2.75, 3.05) is 13.1 Å². The van der Waals surface area contributed by atoms with E-state index < -0.39 is 36.6 Å². The Morgan fingerprint density at radius 2 is 0.742 bits per heavy atom. The number of nitrogens with zero attached hydrogens (tertiary/aromatic N) is 1. The molecular formula is C24H50ClNO5. The Morgan fingerprint density at radius 3 is 1.10 bits per heavy atom. The van der Waals surface area contributed by atoms with Crippen LogP contribution in [0, 0.1) is 0 Å². The Labute approximate surface area is 196 Å². The highest BCUT2D eigenvalue weighted by atomic mass is 35.5. The molecule has 1 saturated carbocycles. The minimum atomic E-state index is -1.52. The standard InChI is InChI=1S/C24H49NO5.ClH/c1-3-5-7-9-11-13-15-17-25(18-16-14-12-10-8-6-4-2)19-20(26)22(28)24(30)23(29)21(19)27;/h19-24,26-30H,3-18H2,1-2H3;1H/t19?,20-,21-,22-,23+,24?;/m0./s1. The Bertz CT molecular complexity index is 383. The minimum absolute atomic E-state index is 0. The van der Waals surface area contributed by atoms with Gasteiger partial charge < -0.3 is 25.5 Å². The van der Waals surface area contributed by atoms with E-state index in [9.17, 15) is 25.5 Å². The maximum Gasteiger partial charge on any atom is 0.111 e. The van der Waals surface area contributed by atoms with Crippen LogP contribution in [-0.2, 0) is 0 Å². The van der Waals surface area contributed by atoms with Crippen LogP contribution in [0.4, 0.5) is 0 Å². The van der Waals surface area contributed by atoms with Gasteiger partial charge in [-0.2, -0.15) is 0 Å². The molecule has 0 aromatic rings. The number of aliphatic hydroxyl groups excluding tert-OH is 5. The fourth-order valence-electron chi connectivity index (χ4n) is 4.60. The van der Waals surface area contributed by atoms with Crippen molar-refractivity contribution in [3.05, 3.63) is 0 Å². The van der Waals surface area contributed by atoms with Crippen molar-refractivity contribution in [3.63, 3.8) is 0 Å². The number of hydrogen-bond donors (Lipinski definition) is 5. The van der Waals surface area contributed by atoms with Gasteiger partial charge in [0.25, 0.3) is 0 Å². The van der Waals surface area contributed by atoms with Crippen LogP contribution in [0.25, 0.3) is 0 Å². The Hall–Kier alpha value is 0.0500. The van der Waals surface area contributed by atoms with Gasteiger partial charge in [-0.25, -0.2) is 0 Å². The predicted octanol–water partition coefficient (Wildman–Crippen LogP) is 3.40. The number of hydrogen-bond acceptors (Lipinski definition) is 6. The maximum atomic E-state index is 10.5. The molecule has 1 rings (SSSR count). The molecule has 0 aromatic heterocycles. The lowest BCUT2D eigenvalue weighted by Gasteiger charge is -2.46. The third kappa shape index (κ3) is 11.1. The zero-order valence-corrected chi connectivity index (χ0v) is 20.7. The zero-order valence-electron chi connectivity index (χ0n) is 19.9. The van der Waals surface area contributed by atoms with Gasteiger partial charge in [-0.3, -0.25) is 4.90 Å². The summed E-state index contributed by atoms with van der Waals surface area (Å²) in [6.07, 6.45) is 9.61. The van der Waals surface area contributed by atoms with E-state index in [2.05, 4.69) is 13.8 Å². The Kier molecular flexibility index (Phi) is 18.5. The quantitative estimate of drug-likeness (QED) is 0.210. The monoisotopic (exact) mass is 467 g/mol. The van der Waals surface area contributed by atoms with Gasteiger partial charge in [0.05, 0.1) is 6.04 Å². The Morgan fingerprint density at radius 1 is 0.452 bits per heavy atom. The topological polar surface area (TPSA) is 104 Å². The zero-order chi connectivity index (χ0) is 22.4. The van der Waals surface area contributed by atoms with Crippen LogP contribution >= 0.6 is 12.4 Å². The summed E-state index contributed by atoms with van der Waals surface area (Å²) in [5.74, 6) is 0. The van der Waals surface area contributed by atoms with Gasteiger partial charge in [0, 0.05) is 0 Å². The molecule has 0 saturated heterocycles. The van der Waals surface area contributed by atoms with E-state index >= 15 is 0 Å². The third-order valence-corrected chi connectivity index (χ3v) is 6.62. The molecular weight excluding hydrogens is 418 g/mol. The second kappa shape index (κ2) is 18.5. The van der Waals surface area contributed by atoms with Crippen molar-refractivity contribution in [2.45, 2.75) is 140 Å². The van der Waals surface area contributed by atoms with Crippen molar-refractivity contribution in [1.82, 2.24) is 4.90 Å². The molecule has 1 aliphatic carbocycles. The normalized spacial score (nSPS) is 28.6. The summed E-state index contributed by atoms with van der Waals surface area (Å²) < 4.78 is 0. The van der Waals surface area contributed by atoms with Gasteiger partial charge >= 0.3 is 0 Å². The highest BCUT2D eigenvalue weighted by Gasteiger charge is 2.50.